The number of urea groups is 1. The highest BCUT2D eigenvalue weighted by Gasteiger charge is 2.46. The highest BCUT2D eigenvalue weighted by Crippen LogP contribution is 2.25. The number of nitrogens with zero attached hydrogens (tertiary/aromatic N) is 1. The Morgan fingerprint density at radius 1 is 1.53 bits per heavy atom. The van der Waals surface area contributed by atoms with E-state index in [-0.39, 0.29) is 17.3 Å². The lowest BCUT2D eigenvalue weighted by atomic mass is 9.99. The van der Waals surface area contributed by atoms with Crippen LogP contribution in [0.25, 0.3) is 0 Å². The van der Waals surface area contributed by atoms with Crippen LogP contribution in [-0.4, -0.2) is 33.5 Å². The third-order valence-corrected chi connectivity index (χ3v) is 4.27. The van der Waals surface area contributed by atoms with Gasteiger partial charge in [-0.25, -0.2) is 9.59 Å². The van der Waals surface area contributed by atoms with Gasteiger partial charge in [0.25, 0.3) is 5.91 Å². The van der Waals surface area contributed by atoms with Crippen molar-refractivity contribution in [3.63, 3.8) is 0 Å². The van der Waals surface area contributed by atoms with Crippen LogP contribution in [0.3, 0.4) is 0 Å². The molecule has 0 radical (unpaired) electrons. The number of amides is 3. The molecule has 0 aromatic carbocycles. The normalized spacial score (nSPS) is 22.7. The Balaban J connectivity index is 2.24. The number of nitrogens with one attached hydrogen (secondary N) is 1. The van der Waals surface area contributed by atoms with E-state index in [1.807, 2.05) is 6.92 Å². The molecule has 1 saturated heterocycles. The van der Waals surface area contributed by atoms with Gasteiger partial charge in [-0.05, 0) is 30.4 Å². The molecule has 19 heavy (non-hydrogen) atoms. The SMILES string of the molecule is CCC1(C)NC(=O)N(Cc2ccsc2C(=O)O)C1=O. The summed E-state index contributed by atoms with van der Waals surface area (Å²) in [4.78, 5) is 36.2. The number of hydrogen-bond acceptors (Lipinski definition) is 4. The maximum atomic E-state index is 12.2. The third kappa shape index (κ3) is 2.21. The zero-order chi connectivity index (χ0) is 14.2. The highest BCUT2D eigenvalue weighted by atomic mass is 32.1. The number of carbonyl (C=O) groups is 3. The average Bonchev–Trinajstić information content (AvgIpc) is 2.89. The number of carboxylic acids is 1. The Morgan fingerprint density at radius 3 is 2.74 bits per heavy atom. The minimum Gasteiger partial charge on any atom is -0.477 e. The van der Waals surface area contributed by atoms with Crippen molar-refractivity contribution in [1.82, 2.24) is 10.2 Å². The van der Waals surface area contributed by atoms with Gasteiger partial charge in [-0.3, -0.25) is 9.69 Å². The predicted molar refractivity (Wildman–Crippen MR) is 69.1 cm³/mol. The molecular formula is C12H14N2O4S. The van der Waals surface area contributed by atoms with E-state index >= 15 is 0 Å². The average molecular weight is 282 g/mol. The second kappa shape index (κ2) is 4.65. The van der Waals surface area contributed by atoms with Crippen molar-refractivity contribution in [2.75, 3.05) is 0 Å². The summed E-state index contributed by atoms with van der Waals surface area (Å²) < 4.78 is 0. The molecule has 1 aromatic rings. The fourth-order valence-electron chi connectivity index (χ4n) is 1.95. The van der Waals surface area contributed by atoms with Crippen LogP contribution in [0.2, 0.25) is 0 Å². The van der Waals surface area contributed by atoms with Gasteiger partial charge >= 0.3 is 12.0 Å². The summed E-state index contributed by atoms with van der Waals surface area (Å²) in [6.45, 7) is 3.47. The zero-order valence-corrected chi connectivity index (χ0v) is 11.4. The summed E-state index contributed by atoms with van der Waals surface area (Å²) in [6.07, 6.45) is 0.490. The van der Waals surface area contributed by atoms with Crippen molar-refractivity contribution in [2.24, 2.45) is 0 Å². The Kier molecular flexibility index (Phi) is 3.32. The molecule has 1 aliphatic heterocycles. The first kappa shape index (κ1) is 13.5. The molecule has 0 spiro atoms. The van der Waals surface area contributed by atoms with Crippen LogP contribution in [-0.2, 0) is 11.3 Å². The summed E-state index contributed by atoms with van der Waals surface area (Å²) in [5.74, 6) is -1.36. The predicted octanol–water partition coefficient (Wildman–Crippen LogP) is 1.67. The molecule has 1 atom stereocenters. The Bertz CT molecular complexity index is 554. The van der Waals surface area contributed by atoms with Crippen LogP contribution in [0.4, 0.5) is 4.79 Å². The number of aromatic carboxylic acids is 1. The molecule has 1 aliphatic rings. The van der Waals surface area contributed by atoms with E-state index < -0.39 is 17.5 Å². The lowest BCUT2D eigenvalue weighted by molar-refractivity contribution is -0.131. The van der Waals surface area contributed by atoms with Crippen molar-refractivity contribution >= 4 is 29.2 Å². The maximum Gasteiger partial charge on any atom is 0.346 e. The molecule has 1 aromatic heterocycles. The molecule has 0 saturated carbocycles. The molecule has 6 nitrogen and oxygen atoms in total. The van der Waals surface area contributed by atoms with Gasteiger partial charge in [-0.2, -0.15) is 0 Å². The van der Waals surface area contributed by atoms with Gasteiger partial charge in [0.2, 0.25) is 0 Å². The molecule has 2 N–H and O–H groups in total. The molecule has 7 heteroatoms. The summed E-state index contributed by atoms with van der Waals surface area (Å²) in [7, 11) is 0. The van der Waals surface area contributed by atoms with Crippen molar-refractivity contribution < 1.29 is 19.5 Å². The standard InChI is InChI=1S/C12H14N2O4S/c1-3-12(2)10(17)14(11(18)13-12)6-7-4-5-19-8(7)9(15)16/h4-5H,3,6H2,1-2H3,(H,13,18)(H,15,16). The fraction of sp³-hybridized carbons (Fsp3) is 0.417. The van der Waals surface area contributed by atoms with Crippen molar-refractivity contribution in [3.8, 4) is 0 Å². The molecule has 102 valence electrons. The minimum absolute atomic E-state index is 0.00854. The van der Waals surface area contributed by atoms with Crippen molar-refractivity contribution in [1.29, 1.82) is 0 Å². The van der Waals surface area contributed by atoms with Gasteiger partial charge in [0.1, 0.15) is 10.4 Å². The van der Waals surface area contributed by atoms with Gasteiger partial charge in [0.15, 0.2) is 0 Å². The summed E-state index contributed by atoms with van der Waals surface area (Å²) >= 11 is 1.08. The molecule has 2 heterocycles. The van der Waals surface area contributed by atoms with Crippen LogP contribution in [0.1, 0.15) is 35.5 Å². The van der Waals surface area contributed by atoms with Crippen molar-refractivity contribution in [2.45, 2.75) is 32.4 Å². The maximum absolute atomic E-state index is 12.2. The highest BCUT2D eigenvalue weighted by molar-refractivity contribution is 7.12. The van der Waals surface area contributed by atoms with Crippen molar-refractivity contribution in [3.05, 3.63) is 21.9 Å². The Morgan fingerprint density at radius 2 is 2.21 bits per heavy atom. The van der Waals surface area contributed by atoms with E-state index in [4.69, 9.17) is 5.11 Å². The first-order valence-corrected chi connectivity index (χ1v) is 6.71. The number of carboxylic acid groups (broad SMARTS) is 1. The quantitative estimate of drug-likeness (QED) is 0.822. The molecule has 0 aliphatic carbocycles. The van der Waals surface area contributed by atoms with E-state index in [9.17, 15) is 14.4 Å². The molecular weight excluding hydrogens is 268 g/mol. The van der Waals surface area contributed by atoms with E-state index in [1.165, 1.54) is 0 Å². The van der Waals surface area contributed by atoms with Crippen LogP contribution in [0.5, 0.6) is 0 Å². The van der Waals surface area contributed by atoms with Gasteiger partial charge in [-0.1, -0.05) is 6.92 Å². The number of rotatable bonds is 4. The van der Waals surface area contributed by atoms with Gasteiger partial charge in [0.05, 0.1) is 6.54 Å². The molecule has 3 amide bonds. The van der Waals surface area contributed by atoms with Crippen LogP contribution in [0, 0.1) is 0 Å². The van der Waals surface area contributed by atoms with Gasteiger partial charge in [0, 0.05) is 0 Å². The third-order valence-electron chi connectivity index (χ3n) is 3.32. The fourth-order valence-corrected chi connectivity index (χ4v) is 2.70. The van der Waals surface area contributed by atoms with Gasteiger partial charge < -0.3 is 10.4 Å². The summed E-state index contributed by atoms with van der Waals surface area (Å²) in [5.41, 5.74) is -0.419. The monoisotopic (exact) mass is 282 g/mol. The first-order valence-electron chi connectivity index (χ1n) is 5.83. The second-order valence-electron chi connectivity index (χ2n) is 4.59. The number of thiophene rings is 1. The number of carbonyl (C=O) groups excluding carboxylic acids is 2. The van der Waals surface area contributed by atoms with E-state index in [1.54, 1.807) is 18.4 Å². The Labute approximate surface area is 114 Å². The molecule has 0 bridgehead atoms. The lowest BCUT2D eigenvalue weighted by Crippen LogP contribution is -2.43. The largest absolute Gasteiger partial charge is 0.477 e. The summed E-state index contributed by atoms with van der Waals surface area (Å²) in [5, 5.41) is 13.3. The first-order chi connectivity index (χ1) is 8.89. The lowest BCUT2D eigenvalue weighted by Gasteiger charge is -2.19. The zero-order valence-electron chi connectivity index (χ0n) is 10.6. The van der Waals surface area contributed by atoms with E-state index in [0.717, 1.165) is 16.2 Å². The molecule has 1 unspecified atom stereocenters. The number of imide groups is 1. The van der Waals surface area contributed by atoms with Gasteiger partial charge in [-0.15, -0.1) is 11.3 Å². The molecule has 1 fully saturated rings. The van der Waals surface area contributed by atoms with E-state index in [2.05, 4.69) is 5.32 Å². The van der Waals surface area contributed by atoms with Crippen LogP contribution in [0.15, 0.2) is 11.4 Å². The van der Waals surface area contributed by atoms with E-state index in [0.29, 0.717) is 12.0 Å². The second-order valence-corrected chi connectivity index (χ2v) is 5.50. The topological polar surface area (TPSA) is 86.7 Å². The minimum atomic E-state index is -1.05. The summed E-state index contributed by atoms with van der Waals surface area (Å²) in [6, 6.07) is 1.15. The molecule has 2 rings (SSSR count). The Hall–Kier alpha value is -1.89. The van der Waals surface area contributed by atoms with Crippen LogP contribution < -0.4 is 5.32 Å². The van der Waals surface area contributed by atoms with Crippen LogP contribution >= 0.6 is 11.3 Å². The smallest absolute Gasteiger partial charge is 0.346 e. The number of hydrogen-bond donors (Lipinski definition) is 2.